The first-order chi connectivity index (χ1) is 12.3. The number of piperidine rings is 1. The molecule has 2 atom stereocenters. The first-order valence-corrected chi connectivity index (χ1v) is 8.67. The molecule has 1 saturated heterocycles. The number of hydrogen-bond acceptors (Lipinski definition) is 3. The van der Waals surface area contributed by atoms with Gasteiger partial charge in [0.15, 0.2) is 0 Å². The number of halogens is 3. The van der Waals surface area contributed by atoms with E-state index in [9.17, 15) is 18.0 Å². The van der Waals surface area contributed by atoms with E-state index in [1.54, 1.807) is 12.1 Å². The first-order valence-electron chi connectivity index (χ1n) is 8.67. The van der Waals surface area contributed by atoms with Crippen molar-refractivity contribution >= 4 is 22.6 Å². The summed E-state index contributed by atoms with van der Waals surface area (Å²) in [6.07, 6.45) is -1.46. The fourth-order valence-electron chi connectivity index (χ4n) is 3.88. The molecule has 1 aliphatic rings. The number of carbonyl (C=O) groups is 1. The van der Waals surface area contributed by atoms with Crippen LogP contribution in [0.15, 0.2) is 30.5 Å². The number of fused-ring (bicyclic) bond motifs is 1. The summed E-state index contributed by atoms with van der Waals surface area (Å²) in [5, 5.41) is 9.39. The Balaban J connectivity index is 1.96. The average molecular weight is 366 g/mol. The predicted molar refractivity (Wildman–Crippen MR) is 93.1 cm³/mol. The van der Waals surface area contributed by atoms with Gasteiger partial charge >= 0.3 is 12.1 Å². The van der Waals surface area contributed by atoms with Crippen molar-refractivity contribution in [2.75, 3.05) is 18.0 Å². The Morgan fingerprint density at radius 3 is 2.77 bits per heavy atom. The van der Waals surface area contributed by atoms with E-state index in [1.165, 1.54) is 12.3 Å². The quantitative estimate of drug-likeness (QED) is 0.861. The number of rotatable bonds is 4. The number of anilines is 1. The minimum Gasteiger partial charge on any atom is -0.481 e. The molecule has 2 heterocycles. The number of carboxylic acid groups (broad SMARTS) is 1. The van der Waals surface area contributed by atoms with E-state index in [0.29, 0.717) is 24.3 Å². The summed E-state index contributed by atoms with van der Waals surface area (Å²) in [7, 11) is 0. The van der Waals surface area contributed by atoms with Gasteiger partial charge in [-0.2, -0.15) is 13.2 Å². The minimum absolute atomic E-state index is 0.0437. The van der Waals surface area contributed by atoms with Crippen molar-refractivity contribution in [2.24, 2.45) is 11.8 Å². The topological polar surface area (TPSA) is 53.4 Å². The summed E-state index contributed by atoms with van der Waals surface area (Å²) in [5.74, 6) is -0.264. The number of aliphatic carboxylic acids is 1. The SMILES string of the molecule is C[C@H]1C[C@@H](CCC(=O)O)CN(c2ccc(C(F)(F)F)c3ncccc23)C1. The summed E-state index contributed by atoms with van der Waals surface area (Å²) >= 11 is 0. The first kappa shape index (κ1) is 18.5. The number of alkyl halides is 3. The van der Waals surface area contributed by atoms with Gasteiger partial charge in [-0.15, -0.1) is 0 Å². The molecule has 0 spiro atoms. The fourth-order valence-corrected chi connectivity index (χ4v) is 3.88. The van der Waals surface area contributed by atoms with E-state index in [0.717, 1.165) is 24.7 Å². The summed E-state index contributed by atoms with van der Waals surface area (Å²) < 4.78 is 39.8. The number of pyridine rings is 1. The Morgan fingerprint density at radius 2 is 2.08 bits per heavy atom. The summed E-state index contributed by atoms with van der Waals surface area (Å²) in [6.45, 7) is 3.47. The molecule has 1 aromatic carbocycles. The zero-order valence-electron chi connectivity index (χ0n) is 14.5. The van der Waals surface area contributed by atoms with Crippen molar-refractivity contribution in [3.8, 4) is 0 Å². The largest absolute Gasteiger partial charge is 0.481 e. The van der Waals surface area contributed by atoms with Gasteiger partial charge in [-0.05, 0) is 48.9 Å². The van der Waals surface area contributed by atoms with Gasteiger partial charge in [0.05, 0.1) is 11.1 Å². The van der Waals surface area contributed by atoms with Gasteiger partial charge in [0, 0.05) is 36.8 Å². The Kier molecular flexibility index (Phi) is 5.07. The summed E-state index contributed by atoms with van der Waals surface area (Å²) in [5.41, 5.74) is -0.0462. The lowest BCUT2D eigenvalue weighted by atomic mass is 9.86. The summed E-state index contributed by atoms with van der Waals surface area (Å²) in [4.78, 5) is 16.9. The molecule has 1 fully saturated rings. The van der Waals surface area contributed by atoms with Crippen molar-refractivity contribution < 1.29 is 23.1 Å². The standard InChI is InChI=1S/C19H21F3N2O2/c1-12-9-13(4-7-17(25)26)11-24(10-12)16-6-5-15(19(20,21)22)18-14(16)3-2-8-23-18/h2-3,5-6,8,12-13H,4,7,9-11H2,1H3,(H,25,26)/t12-,13+/m0/s1. The van der Waals surface area contributed by atoms with E-state index >= 15 is 0 Å². The molecule has 1 N–H and O–H groups in total. The lowest BCUT2D eigenvalue weighted by molar-refractivity contribution is -0.137. The highest BCUT2D eigenvalue weighted by molar-refractivity contribution is 5.94. The molecule has 1 aromatic heterocycles. The molecule has 2 aromatic rings. The highest BCUT2D eigenvalue weighted by atomic mass is 19.4. The van der Waals surface area contributed by atoms with Gasteiger partial charge in [-0.1, -0.05) is 6.92 Å². The number of carboxylic acids is 1. The molecular formula is C19H21F3N2O2. The molecule has 26 heavy (non-hydrogen) atoms. The lowest BCUT2D eigenvalue weighted by Crippen LogP contribution is -2.40. The van der Waals surface area contributed by atoms with Crippen LogP contribution in [0.2, 0.25) is 0 Å². The van der Waals surface area contributed by atoms with Gasteiger partial charge in [-0.3, -0.25) is 9.78 Å². The molecule has 0 bridgehead atoms. The van der Waals surface area contributed by atoms with Crippen LogP contribution in [0.4, 0.5) is 18.9 Å². The van der Waals surface area contributed by atoms with Crippen molar-refractivity contribution in [1.29, 1.82) is 0 Å². The Labute approximate surface area is 149 Å². The Bertz CT molecular complexity index is 807. The third kappa shape index (κ3) is 3.92. The van der Waals surface area contributed by atoms with Gasteiger partial charge in [-0.25, -0.2) is 0 Å². The van der Waals surface area contributed by atoms with Crippen molar-refractivity contribution in [2.45, 2.75) is 32.4 Å². The Hall–Kier alpha value is -2.31. The maximum Gasteiger partial charge on any atom is 0.418 e. The molecule has 4 nitrogen and oxygen atoms in total. The third-order valence-corrected chi connectivity index (χ3v) is 4.91. The van der Waals surface area contributed by atoms with Crippen LogP contribution in [0.3, 0.4) is 0 Å². The van der Waals surface area contributed by atoms with Crippen LogP contribution in [0, 0.1) is 11.8 Å². The van der Waals surface area contributed by atoms with E-state index in [2.05, 4.69) is 16.8 Å². The highest BCUT2D eigenvalue weighted by Gasteiger charge is 2.34. The van der Waals surface area contributed by atoms with E-state index in [4.69, 9.17) is 5.11 Å². The van der Waals surface area contributed by atoms with E-state index in [1.807, 2.05) is 0 Å². The van der Waals surface area contributed by atoms with Crippen molar-refractivity contribution in [3.63, 3.8) is 0 Å². The van der Waals surface area contributed by atoms with Crippen LogP contribution in [-0.4, -0.2) is 29.1 Å². The van der Waals surface area contributed by atoms with Crippen LogP contribution in [0.5, 0.6) is 0 Å². The molecular weight excluding hydrogens is 345 g/mol. The molecule has 3 rings (SSSR count). The van der Waals surface area contributed by atoms with Gasteiger partial charge in [0.1, 0.15) is 0 Å². The second-order valence-electron chi connectivity index (χ2n) is 7.07. The molecule has 0 saturated carbocycles. The van der Waals surface area contributed by atoms with Gasteiger partial charge in [0.2, 0.25) is 0 Å². The van der Waals surface area contributed by atoms with Crippen molar-refractivity contribution in [3.05, 3.63) is 36.0 Å². The maximum atomic E-state index is 13.3. The maximum absolute atomic E-state index is 13.3. The van der Waals surface area contributed by atoms with Gasteiger partial charge in [0.25, 0.3) is 0 Å². The van der Waals surface area contributed by atoms with Crippen molar-refractivity contribution in [1.82, 2.24) is 4.98 Å². The van der Waals surface area contributed by atoms with Gasteiger partial charge < -0.3 is 10.0 Å². The number of aromatic nitrogens is 1. The highest BCUT2D eigenvalue weighted by Crippen LogP contribution is 2.39. The Morgan fingerprint density at radius 1 is 1.31 bits per heavy atom. The van der Waals surface area contributed by atoms with Crippen LogP contribution >= 0.6 is 0 Å². The molecule has 1 aliphatic heterocycles. The molecule has 0 aliphatic carbocycles. The average Bonchev–Trinajstić information content (AvgIpc) is 2.57. The molecule has 7 heteroatoms. The molecule has 0 radical (unpaired) electrons. The van der Waals surface area contributed by atoms with E-state index < -0.39 is 17.7 Å². The molecule has 140 valence electrons. The molecule has 0 amide bonds. The van der Waals surface area contributed by atoms with Crippen LogP contribution in [-0.2, 0) is 11.0 Å². The monoisotopic (exact) mass is 366 g/mol. The normalized spacial score (nSPS) is 21.2. The third-order valence-electron chi connectivity index (χ3n) is 4.91. The predicted octanol–water partition coefficient (Wildman–Crippen LogP) is 4.58. The van der Waals surface area contributed by atoms with E-state index in [-0.39, 0.29) is 17.9 Å². The molecule has 0 unspecified atom stereocenters. The zero-order chi connectivity index (χ0) is 18.9. The smallest absolute Gasteiger partial charge is 0.418 e. The van der Waals surface area contributed by atoms with Crippen LogP contribution < -0.4 is 4.90 Å². The summed E-state index contributed by atoms with van der Waals surface area (Å²) in [6, 6.07) is 5.91. The zero-order valence-corrected chi connectivity index (χ0v) is 14.5. The number of nitrogens with zero attached hydrogens (tertiary/aromatic N) is 2. The van der Waals surface area contributed by atoms with Crippen LogP contribution in [0.1, 0.15) is 31.7 Å². The second-order valence-corrected chi connectivity index (χ2v) is 7.07. The number of benzene rings is 1. The fraction of sp³-hybridized carbons (Fsp3) is 0.474. The van der Waals surface area contributed by atoms with Crippen LogP contribution in [0.25, 0.3) is 10.9 Å². The lowest BCUT2D eigenvalue weighted by Gasteiger charge is -2.38. The second kappa shape index (κ2) is 7.13. The number of hydrogen-bond donors (Lipinski definition) is 1. The minimum atomic E-state index is -4.45.